The van der Waals surface area contributed by atoms with Crippen molar-refractivity contribution >= 4 is 11.8 Å². The van der Waals surface area contributed by atoms with Crippen LogP contribution in [-0.4, -0.2) is 41.6 Å². The second-order valence-corrected chi connectivity index (χ2v) is 5.69. The summed E-state index contributed by atoms with van der Waals surface area (Å²) in [5, 5.41) is 0. The number of nitrogens with two attached hydrogens (primary N) is 1. The summed E-state index contributed by atoms with van der Waals surface area (Å²) in [7, 11) is 0. The second kappa shape index (κ2) is 5.38. The average Bonchev–Trinajstić information content (AvgIpc) is 2.52. The van der Waals surface area contributed by atoms with Crippen LogP contribution in [-0.2, 0) is 0 Å². The quantitative estimate of drug-likeness (QED) is 0.758. The molecule has 0 aromatic carbocycles. The fourth-order valence-corrected chi connectivity index (χ4v) is 3.82. The van der Waals surface area contributed by atoms with Gasteiger partial charge in [-0.3, -0.25) is 4.90 Å². The van der Waals surface area contributed by atoms with E-state index < -0.39 is 0 Å². The van der Waals surface area contributed by atoms with E-state index in [9.17, 15) is 0 Å². The lowest BCUT2D eigenvalue weighted by Crippen LogP contribution is -2.42. The molecular weight excluding hydrogens is 192 g/mol. The maximum absolute atomic E-state index is 5.82. The van der Waals surface area contributed by atoms with Crippen LogP contribution in [0.5, 0.6) is 0 Å². The summed E-state index contributed by atoms with van der Waals surface area (Å²) in [6.07, 6.45) is 6.90. The summed E-state index contributed by atoms with van der Waals surface area (Å²) in [5.74, 6) is 2.73. The van der Waals surface area contributed by atoms with Gasteiger partial charge in [0.15, 0.2) is 0 Å². The van der Waals surface area contributed by atoms with E-state index in [4.69, 9.17) is 5.73 Å². The van der Waals surface area contributed by atoms with Crippen molar-refractivity contribution in [3.05, 3.63) is 0 Å². The molecule has 2 rings (SSSR count). The molecule has 82 valence electrons. The van der Waals surface area contributed by atoms with Crippen molar-refractivity contribution in [3.63, 3.8) is 0 Å². The highest BCUT2D eigenvalue weighted by atomic mass is 32.2. The molecule has 14 heavy (non-hydrogen) atoms. The summed E-state index contributed by atoms with van der Waals surface area (Å²) < 4.78 is 0. The van der Waals surface area contributed by atoms with E-state index in [1.54, 1.807) is 0 Å². The van der Waals surface area contributed by atoms with Crippen LogP contribution < -0.4 is 5.73 Å². The largest absolute Gasteiger partial charge is 0.329 e. The molecule has 0 aliphatic carbocycles. The summed E-state index contributed by atoms with van der Waals surface area (Å²) in [6, 6.07) is 1.55. The predicted molar refractivity (Wildman–Crippen MR) is 63.7 cm³/mol. The molecule has 2 aliphatic heterocycles. The lowest BCUT2D eigenvalue weighted by molar-refractivity contribution is 0.170. The zero-order valence-electron chi connectivity index (χ0n) is 8.95. The molecule has 0 radical (unpaired) electrons. The van der Waals surface area contributed by atoms with E-state index in [-0.39, 0.29) is 0 Å². The van der Waals surface area contributed by atoms with E-state index >= 15 is 0 Å². The SMILES string of the molecule is NCC1CCCN1C1CCCSCC1. The number of nitrogens with zero attached hydrogens (tertiary/aromatic N) is 1. The van der Waals surface area contributed by atoms with Gasteiger partial charge in [0, 0.05) is 18.6 Å². The molecule has 0 saturated carbocycles. The average molecular weight is 214 g/mol. The van der Waals surface area contributed by atoms with Gasteiger partial charge in [-0.15, -0.1) is 0 Å². The monoisotopic (exact) mass is 214 g/mol. The standard InChI is InChI=1S/C11H22N2S/c12-9-11-3-1-6-13(11)10-4-2-7-14-8-5-10/h10-11H,1-9,12H2. The molecule has 2 fully saturated rings. The third-order valence-electron chi connectivity index (χ3n) is 3.59. The Morgan fingerprint density at radius 2 is 2.07 bits per heavy atom. The summed E-state index contributed by atoms with van der Waals surface area (Å²) in [6.45, 7) is 2.17. The Kier molecular flexibility index (Phi) is 4.14. The highest BCUT2D eigenvalue weighted by molar-refractivity contribution is 7.99. The first-order valence-corrected chi connectivity index (χ1v) is 7.11. The Bertz CT molecular complexity index is 167. The lowest BCUT2D eigenvalue weighted by atomic mass is 10.1. The van der Waals surface area contributed by atoms with Gasteiger partial charge in [-0.1, -0.05) is 0 Å². The topological polar surface area (TPSA) is 29.3 Å². The molecular formula is C11H22N2S. The van der Waals surface area contributed by atoms with Gasteiger partial charge in [-0.25, -0.2) is 0 Å². The highest BCUT2D eigenvalue weighted by Gasteiger charge is 2.29. The highest BCUT2D eigenvalue weighted by Crippen LogP contribution is 2.27. The molecule has 2 N–H and O–H groups in total. The number of rotatable bonds is 2. The first-order chi connectivity index (χ1) is 6.92. The zero-order valence-corrected chi connectivity index (χ0v) is 9.77. The van der Waals surface area contributed by atoms with Crippen LogP contribution in [0.2, 0.25) is 0 Å². The molecule has 0 bridgehead atoms. The summed E-state index contributed by atoms with van der Waals surface area (Å²) in [5.41, 5.74) is 5.82. The van der Waals surface area contributed by atoms with E-state index in [1.807, 2.05) is 0 Å². The molecule has 2 atom stereocenters. The fraction of sp³-hybridized carbons (Fsp3) is 1.00. The minimum absolute atomic E-state index is 0.697. The molecule has 2 unspecified atom stereocenters. The van der Waals surface area contributed by atoms with Crippen molar-refractivity contribution < 1.29 is 0 Å². The molecule has 0 aromatic rings. The third kappa shape index (κ3) is 2.44. The van der Waals surface area contributed by atoms with Gasteiger partial charge in [0.1, 0.15) is 0 Å². The van der Waals surface area contributed by atoms with Gasteiger partial charge < -0.3 is 5.73 Å². The van der Waals surface area contributed by atoms with Gasteiger partial charge in [0.2, 0.25) is 0 Å². The lowest BCUT2D eigenvalue weighted by Gasteiger charge is -2.31. The van der Waals surface area contributed by atoms with E-state index in [0.717, 1.165) is 12.6 Å². The number of hydrogen-bond donors (Lipinski definition) is 1. The Morgan fingerprint density at radius 1 is 1.14 bits per heavy atom. The van der Waals surface area contributed by atoms with Crippen molar-refractivity contribution in [1.29, 1.82) is 0 Å². The maximum atomic E-state index is 5.82. The van der Waals surface area contributed by atoms with Crippen molar-refractivity contribution in [2.24, 2.45) is 5.73 Å². The molecule has 0 aromatic heterocycles. The van der Waals surface area contributed by atoms with Crippen LogP contribution in [0.3, 0.4) is 0 Å². The Morgan fingerprint density at radius 3 is 2.93 bits per heavy atom. The molecule has 0 spiro atoms. The first-order valence-electron chi connectivity index (χ1n) is 5.95. The molecule has 3 heteroatoms. The Hall–Kier alpha value is 0.270. The summed E-state index contributed by atoms with van der Waals surface area (Å²) in [4.78, 5) is 2.70. The van der Waals surface area contributed by atoms with Crippen LogP contribution in [0, 0.1) is 0 Å². The molecule has 2 heterocycles. The normalized spacial score (nSPS) is 35.8. The van der Waals surface area contributed by atoms with E-state index in [2.05, 4.69) is 16.7 Å². The van der Waals surface area contributed by atoms with Crippen molar-refractivity contribution in [3.8, 4) is 0 Å². The maximum Gasteiger partial charge on any atom is 0.0221 e. The van der Waals surface area contributed by atoms with E-state index in [1.165, 1.54) is 50.2 Å². The Balaban J connectivity index is 1.91. The molecule has 2 nitrogen and oxygen atoms in total. The van der Waals surface area contributed by atoms with Crippen molar-refractivity contribution in [1.82, 2.24) is 4.90 Å². The van der Waals surface area contributed by atoms with Gasteiger partial charge in [-0.2, -0.15) is 11.8 Å². The second-order valence-electron chi connectivity index (χ2n) is 4.47. The predicted octanol–water partition coefficient (Wildman–Crippen LogP) is 1.70. The van der Waals surface area contributed by atoms with Crippen LogP contribution in [0.1, 0.15) is 32.1 Å². The molecule has 0 amide bonds. The molecule has 2 aliphatic rings. The Labute approximate surface area is 91.6 Å². The first kappa shape index (κ1) is 10.8. The minimum atomic E-state index is 0.697. The molecule has 2 saturated heterocycles. The summed E-state index contributed by atoms with van der Waals surface area (Å²) >= 11 is 2.13. The number of likely N-dealkylation sites (tertiary alicyclic amines) is 1. The van der Waals surface area contributed by atoms with E-state index in [0.29, 0.717) is 6.04 Å². The zero-order chi connectivity index (χ0) is 9.80. The van der Waals surface area contributed by atoms with Gasteiger partial charge >= 0.3 is 0 Å². The van der Waals surface area contributed by atoms with Gasteiger partial charge in [0.05, 0.1) is 0 Å². The van der Waals surface area contributed by atoms with Gasteiger partial charge in [0.25, 0.3) is 0 Å². The van der Waals surface area contributed by atoms with Crippen molar-refractivity contribution in [2.45, 2.75) is 44.2 Å². The van der Waals surface area contributed by atoms with Gasteiger partial charge in [-0.05, 0) is 50.2 Å². The van der Waals surface area contributed by atoms with Crippen molar-refractivity contribution in [2.75, 3.05) is 24.6 Å². The number of thioether (sulfide) groups is 1. The third-order valence-corrected chi connectivity index (χ3v) is 4.69. The smallest absolute Gasteiger partial charge is 0.0221 e. The van der Waals surface area contributed by atoms with Crippen LogP contribution in [0.25, 0.3) is 0 Å². The minimum Gasteiger partial charge on any atom is -0.329 e. The number of hydrogen-bond acceptors (Lipinski definition) is 3. The van der Waals surface area contributed by atoms with Crippen LogP contribution >= 0.6 is 11.8 Å². The fourth-order valence-electron chi connectivity index (χ4n) is 2.81. The van der Waals surface area contributed by atoms with Crippen LogP contribution in [0.15, 0.2) is 0 Å². The van der Waals surface area contributed by atoms with Crippen LogP contribution in [0.4, 0.5) is 0 Å².